The van der Waals surface area contributed by atoms with Gasteiger partial charge in [-0.15, -0.1) is 0 Å². The maximum atomic E-state index is 13.0. The van der Waals surface area contributed by atoms with Gasteiger partial charge in [0.1, 0.15) is 13.2 Å². The summed E-state index contributed by atoms with van der Waals surface area (Å²) in [7, 11) is -3.33. The van der Waals surface area contributed by atoms with Gasteiger partial charge in [0.2, 0.25) is 0 Å². The van der Waals surface area contributed by atoms with E-state index >= 15 is 0 Å². The molecule has 1 aromatic rings. The number of ether oxygens (including phenoxy) is 2. The first-order valence-electron chi connectivity index (χ1n) is 10.1. The van der Waals surface area contributed by atoms with E-state index in [-0.39, 0.29) is 0 Å². The summed E-state index contributed by atoms with van der Waals surface area (Å²) < 4.78 is 41.6. The molecule has 9 heteroatoms. The molecule has 0 saturated carbocycles. The number of nitrogens with zero attached hydrogens (tertiary/aromatic N) is 3. The van der Waals surface area contributed by atoms with Gasteiger partial charge >= 0.3 is 0 Å². The number of fused-ring (bicyclic) bond motifs is 1. The summed E-state index contributed by atoms with van der Waals surface area (Å²) in [6.45, 7) is 5.77. The van der Waals surface area contributed by atoms with Gasteiger partial charge in [-0.05, 0) is 30.5 Å². The van der Waals surface area contributed by atoms with Crippen LogP contribution in [0.4, 0.5) is 0 Å². The zero-order valence-electron chi connectivity index (χ0n) is 16.1. The van der Waals surface area contributed by atoms with Crippen LogP contribution in [0.5, 0.6) is 11.5 Å². The molecule has 3 aliphatic rings. The Balaban J connectivity index is 1.37. The van der Waals surface area contributed by atoms with Crippen LogP contribution in [0.15, 0.2) is 16.6 Å². The molecular weight excluding hydrogens is 446 g/mol. The molecule has 0 amide bonds. The Hall–Kier alpha value is -0.870. The minimum Gasteiger partial charge on any atom is -0.486 e. The normalized spacial score (nSPS) is 22.8. The van der Waals surface area contributed by atoms with Gasteiger partial charge in [0.05, 0.1) is 0 Å². The number of hydrogen-bond acceptors (Lipinski definition) is 5. The van der Waals surface area contributed by atoms with Crippen molar-refractivity contribution >= 4 is 26.1 Å². The second-order valence-corrected chi connectivity index (χ2v) is 10.4. The van der Waals surface area contributed by atoms with Crippen LogP contribution in [0.2, 0.25) is 0 Å². The standard InChI is InChI=1S/C19H28BrN3O4S/c20-17-14-19-18(26-11-12-27-19)13-16(17)15-21-7-9-23(10-8-21)28(24,25)22-5-3-1-2-4-6-22/h13-14H,1-12,15H2. The van der Waals surface area contributed by atoms with Crippen molar-refractivity contribution in [3.05, 3.63) is 22.2 Å². The summed E-state index contributed by atoms with van der Waals surface area (Å²) in [5.74, 6) is 1.56. The molecule has 0 atom stereocenters. The monoisotopic (exact) mass is 473 g/mol. The van der Waals surface area contributed by atoms with Gasteiger partial charge in [-0.1, -0.05) is 28.8 Å². The smallest absolute Gasteiger partial charge is 0.282 e. The van der Waals surface area contributed by atoms with Crippen LogP contribution in [0.1, 0.15) is 31.2 Å². The maximum Gasteiger partial charge on any atom is 0.282 e. The van der Waals surface area contributed by atoms with Crippen molar-refractivity contribution in [3.8, 4) is 11.5 Å². The van der Waals surface area contributed by atoms with Crippen molar-refractivity contribution in [2.75, 3.05) is 52.5 Å². The fourth-order valence-electron chi connectivity index (χ4n) is 4.02. The van der Waals surface area contributed by atoms with Crippen molar-refractivity contribution in [2.45, 2.75) is 32.2 Å². The summed E-state index contributed by atoms with van der Waals surface area (Å²) in [5, 5.41) is 0. The Morgan fingerprint density at radius 3 is 2.04 bits per heavy atom. The number of piperazine rings is 1. The Bertz CT molecular complexity index is 789. The van der Waals surface area contributed by atoms with Gasteiger partial charge in [-0.2, -0.15) is 17.0 Å². The molecular formula is C19H28BrN3O4S. The number of halogens is 1. The quantitative estimate of drug-likeness (QED) is 0.671. The molecule has 3 heterocycles. The molecule has 0 aromatic heterocycles. The molecule has 4 rings (SSSR count). The first-order valence-corrected chi connectivity index (χ1v) is 12.3. The van der Waals surface area contributed by atoms with Gasteiger partial charge in [0, 0.05) is 50.3 Å². The summed E-state index contributed by atoms with van der Waals surface area (Å²) >= 11 is 3.63. The van der Waals surface area contributed by atoms with E-state index in [0.29, 0.717) is 39.4 Å². The summed E-state index contributed by atoms with van der Waals surface area (Å²) in [5.41, 5.74) is 1.13. The van der Waals surface area contributed by atoms with E-state index in [2.05, 4.69) is 20.8 Å². The van der Waals surface area contributed by atoms with E-state index in [1.165, 1.54) is 0 Å². The van der Waals surface area contributed by atoms with Gasteiger partial charge < -0.3 is 9.47 Å². The van der Waals surface area contributed by atoms with E-state index in [0.717, 1.165) is 66.9 Å². The average Bonchev–Trinajstić information content (AvgIpc) is 2.99. The van der Waals surface area contributed by atoms with Crippen molar-refractivity contribution < 1.29 is 17.9 Å². The molecule has 1 aromatic carbocycles. The summed E-state index contributed by atoms with van der Waals surface area (Å²) in [6, 6.07) is 3.99. The Morgan fingerprint density at radius 1 is 0.821 bits per heavy atom. The molecule has 7 nitrogen and oxygen atoms in total. The zero-order valence-corrected chi connectivity index (χ0v) is 18.5. The van der Waals surface area contributed by atoms with Gasteiger partial charge in [0.25, 0.3) is 10.2 Å². The highest BCUT2D eigenvalue weighted by Crippen LogP contribution is 2.36. The lowest BCUT2D eigenvalue weighted by Gasteiger charge is -2.36. The molecule has 2 fully saturated rings. The van der Waals surface area contributed by atoms with Crippen molar-refractivity contribution in [1.29, 1.82) is 0 Å². The fraction of sp³-hybridized carbons (Fsp3) is 0.684. The van der Waals surface area contributed by atoms with Crippen LogP contribution in [-0.4, -0.2) is 74.4 Å². The van der Waals surface area contributed by atoms with E-state index in [9.17, 15) is 8.42 Å². The predicted octanol–water partition coefficient (Wildman–Crippen LogP) is 2.46. The molecule has 28 heavy (non-hydrogen) atoms. The predicted molar refractivity (Wildman–Crippen MR) is 111 cm³/mol. The second kappa shape index (κ2) is 8.87. The summed E-state index contributed by atoms with van der Waals surface area (Å²) in [6.07, 6.45) is 4.20. The van der Waals surface area contributed by atoms with Crippen molar-refractivity contribution in [1.82, 2.24) is 13.5 Å². The van der Waals surface area contributed by atoms with Crippen LogP contribution in [0, 0.1) is 0 Å². The minimum absolute atomic E-state index is 0.543. The van der Waals surface area contributed by atoms with Gasteiger partial charge in [-0.3, -0.25) is 4.90 Å². The third kappa shape index (κ3) is 4.48. The number of hydrogen-bond donors (Lipinski definition) is 0. The first kappa shape index (κ1) is 20.4. The number of rotatable bonds is 4. The van der Waals surface area contributed by atoms with Crippen LogP contribution in [0.25, 0.3) is 0 Å². The molecule has 0 bridgehead atoms. The van der Waals surface area contributed by atoms with E-state index in [1.807, 2.05) is 12.1 Å². The number of benzene rings is 1. The van der Waals surface area contributed by atoms with E-state index in [1.54, 1.807) is 8.61 Å². The lowest BCUT2D eigenvalue weighted by Crippen LogP contribution is -2.52. The molecule has 156 valence electrons. The van der Waals surface area contributed by atoms with Crippen LogP contribution in [0.3, 0.4) is 0 Å². The SMILES string of the molecule is O=S(=O)(N1CCCCCC1)N1CCN(Cc2cc3c(cc2Br)OCCO3)CC1. The lowest BCUT2D eigenvalue weighted by molar-refractivity contribution is 0.167. The third-order valence-corrected chi connectivity index (χ3v) is 8.43. The second-order valence-electron chi connectivity index (χ2n) is 7.58. The van der Waals surface area contributed by atoms with Crippen LogP contribution in [-0.2, 0) is 16.8 Å². The van der Waals surface area contributed by atoms with Crippen LogP contribution >= 0.6 is 15.9 Å². The minimum atomic E-state index is -3.33. The molecule has 0 aliphatic carbocycles. The Morgan fingerprint density at radius 2 is 1.39 bits per heavy atom. The zero-order chi connectivity index (χ0) is 19.6. The first-order chi connectivity index (χ1) is 13.5. The van der Waals surface area contributed by atoms with Crippen LogP contribution < -0.4 is 9.47 Å². The van der Waals surface area contributed by atoms with Gasteiger partial charge in [-0.25, -0.2) is 0 Å². The topological polar surface area (TPSA) is 62.3 Å². The molecule has 2 saturated heterocycles. The molecule has 0 spiro atoms. The Labute approximate surface area is 175 Å². The van der Waals surface area contributed by atoms with E-state index in [4.69, 9.17) is 9.47 Å². The maximum absolute atomic E-state index is 13.0. The third-order valence-electron chi connectivity index (χ3n) is 5.65. The Kier molecular flexibility index (Phi) is 6.46. The average molecular weight is 474 g/mol. The lowest BCUT2D eigenvalue weighted by atomic mass is 10.1. The summed E-state index contributed by atoms with van der Waals surface area (Å²) in [4.78, 5) is 2.30. The molecule has 0 N–H and O–H groups in total. The van der Waals surface area contributed by atoms with E-state index < -0.39 is 10.2 Å². The largest absolute Gasteiger partial charge is 0.486 e. The molecule has 0 radical (unpaired) electrons. The highest BCUT2D eigenvalue weighted by atomic mass is 79.9. The highest BCUT2D eigenvalue weighted by Gasteiger charge is 2.32. The van der Waals surface area contributed by atoms with Gasteiger partial charge in [0.15, 0.2) is 11.5 Å². The van der Waals surface area contributed by atoms with Crippen molar-refractivity contribution in [3.63, 3.8) is 0 Å². The highest BCUT2D eigenvalue weighted by molar-refractivity contribution is 9.10. The fourth-order valence-corrected chi connectivity index (χ4v) is 6.14. The van der Waals surface area contributed by atoms with Crippen molar-refractivity contribution in [2.24, 2.45) is 0 Å². The molecule has 3 aliphatic heterocycles. The molecule has 0 unspecified atom stereocenters.